The topological polar surface area (TPSA) is 104 Å². The van der Waals surface area contributed by atoms with Crippen LogP contribution in [0.3, 0.4) is 0 Å². The van der Waals surface area contributed by atoms with Gasteiger partial charge in [0.1, 0.15) is 0 Å². The van der Waals surface area contributed by atoms with Crippen molar-refractivity contribution in [3.05, 3.63) is 29.8 Å². The van der Waals surface area contributed by atoms with Gasteiger partial charge in [0.25, 0.3) is 0 Å². The summed E-state index contributed by atoms with van der Waals surface area (Å²) in [6.45, 7) is 1.49. The van der Waals surface area contributed by atoms with Gasteiger partial charge in [0.2, 0.25) is 10.0 Å². The summed E-state index contributed by atoms with van der Waals surface area (Å²) in [5.41, 5.74) is 0.528. The Morgan fingerprint density at radius 2 is 1.89 bits per heavy atom. The average molecular weight is 287 g/mol. The van der Waals surface area contributed by atoms with Crippen molar-refractivity contribution >= 4 is 16.0 Å². The number of hydrogen-bond donors (Lipinski definition) is 3. The molecule has 3 N–H and O–H groups in total. The third kappa shape index (κ3) is 4.62. The van der Waals surface area contributed by atoms with Crippen molar-refractivity contribution in [1.82, 2.24) is 4.72 Å². The Bertz CT molecular complexity index is 520. The number of aliphatic carboxylic acids is 1. The first-order valence-corrected chi connectivity index (χ1v) is 7.31. The van der Waals surface area contributed by atoms with E-state index < -0.39 is 22.0 Å². The van der Waals surface area contributed by atoms with E-state index in [1.807, 2.05) is 0 Å². The Morgan fingerprint density at radius 1 is 1.32 bits per heavy atom. The van der Waals surface area contributed by atoms with E-state index in [0.29, 0.717) is 12.0 Å². The van der Waals surface area contributed by atoms with Crippen LogP contribution in [0.15, 0.2) is 29.2 Å². The Balaban J connectivity index is 2.87. The van der Waals surface area contributed by atoms with Crippen LogP contribution in [0.4, 0.5) is 0 Å². The van der Waals surface area contributed by atoms with Crippen molar-refractivity contribution < 1.29 is 23.4 Å². The van der Waals surface area contributed by atoms with Gasteiger partial charge in [-0.2, -0.15) is 0 Å². The van der Waals surface area contributed by atoms with Crippen LogP contribution in [0, 0.1) is 0 Å². The Hall–Kier alpha value is -1.44. The monoisotopic (exact) mass is 287 g/mol. The van der Waals surface area contributed by atoms with E-state index in [4.69, 9.17) is 10.2 Å². The second kappa shape index (κ2) is 6.65. The van der Waals surface area contributed by atoms with E-state index in [-0.39, 0.29) is 17.9 Å². The number of carboxylic acid groups (broad SMARTS) is 1. The van der Waals surface area contributed by atoms with Crippen LogP contribution >= 0.6 is 0 Å². The van der Waals surface area contributed by atoms with E-state index >= 15 is 0 Å². The normalized spacial score (nSPS) is 13.2. The predicted octanol–water partition coefficient (Wildman–Crippen LogP) is 0.363. The van der Waals surface area contributed by atoms with Gasteiger partial charge in [0.05, 0.1) is 17.9 Å². The molecule has 0 aliphatic carbocycles. The van der Waals surface area contributed by atoms with Gasteiger partial charge >= 0.3 is 5.97 Å². The zero-order valence-electron chi connectivity index (χ0n) is 10.5. The van der Waals surface area contributed by atoms with Crippen LogP contribution in [0.25, 0.3) is 0 Å². The van der Waals surface area contributed by atoms with Gasteiger partial charge in [0, 0.05) is 6.04 Å². The molecule has 0 saturated carbocycles. The number of hydrogen-bond acceptors (Lipinski definition) is 4. The smallest absolute Gasteiger partial charge is 0.307 e. The van der Waals surface area contributed by atoms with Crippen molar-refractivity contribution in [3.8, 4) is 0 Å². The third-order valence-electron chi connectivity index (χ3n) is 2.62. The molecule has 0 fully saturated rings. The van der Waals surface area contributed by atoms with E-state index in [1.165, 1.54) is 24.3 Å². The Labute approximate surface area is 112 Å². The molecule has 7 heteroatoms. The highest BCUT2D eigenvalue weighted by molar-refractivity contribution is 7.89. The second-order valence-corrected chi connectivity index (χ2v) is 5.84. The van der Waals surface area contributed by atoms with Gasteiger partial charge in [-0.05, 0) is 24.1 Å². The van der Waals surface area contributed by atoms with Gasteiger partial charge < -0.3 is 10.2 Å². The first-order chi connectivity index (χ1) is 8.89. The van der Waals surface area contributed by atoms with E-state index in [2.05, 4.69) is 4.72 Å². The molecule has 0 heterocycles. The number of aliphatic hydroxyl groups excluding tert-OH is 1. The Morgan fingerprint density at radius 3 is 2.32 bits per heavy atom. The minimum Gasteiger partial charge on any atom is -0.481 e. The highest BCUT2D eigenvalue weighted by Crippen LogP contribution is 2.12. The molecule has 1 atom stereocenters. The van der Waals surface area contributed by atoms with Gasteiger partial charge in [0.15, 0.2) is 0 Å². The van der Waals surface area contributed by atoms with Crippen LogP contribution in [-0.4, -0.2) is 37.2 Å². The van der Waals surface area contributed by atoms with Crippen LogP contribution in [0.2, 0.25) is 0 Å². The summed E-state index contributed by atoms with van der Waals surface area (Å²) in [6, 6.07) is 5.10. The van der Waals surface area contributed by atoms with Gasteiger partial charge in [-0.3, -0.25) is 4.79 Å². The minimum atomic E-state index is -3.69. The summed E-state index contributed by atoms with van der Waals surface area (Å²) < 4.78 is 26.3. The maximum atomic E-state index is 12.0. The molecule has 1 unspecified atom stereocenters. The van der Waals surface area contributed by atoms with Gasteiger partial charge in [-0.25, -0.2) is 13.1 Å². The first-order valence-electron chi connectivity index (χ1n) is 5.83. The fourth-order valence-corrected chi connectivity index (χ4v) is 2.81. The van der Waals surface area contributed by atoms with E-state index in [9.17, 15) is 13.2 Å². The van der Waals surface area contributed by atoms with Crippen LogP contribution < -0.4 is 4.72 Å². The number of carboxylic acids is 1. The maximum absolute atomic E-state index is 12.0. The largest absolute Gasteiger partial charge is 0.481 e. The molecular formula is C12H17NO5S. The van der Waals surface area contributed by atoms with Crippen molar-refractivity contribution in [2.24, 2.45) is 0 Å². The summed E-state index contributed by atoms with van der Waals surface area (Å²) in [5, 5.41) is 17.6. The molecule has 0 aromatic heterocycles. The highest BCUT2D eigenvalue weighted by atomic mass is 32.2. The Kier molecular flexibility index (Phi) is 5.46. The maximum Gasteiger partial charge on any atom is 0.307 e. The highest BCUT2D eigenvalue weighted by Gasteiger charge is 2.18. The number of nitrogens with one attached hydrogen (secondary N) is 1. The summed E-state index contributed by atoms with van der Waals surface area (Å²) >= 11 is 0. The molecule has 19 heavy (non-hydrogen) atoms. The molecule has 106 valence electrons. The molecule has 1 rings (SSSR count). The number of benzene rings is 1. The second-order valence-electron chi connectivity index (χ2n) is 4.12. The SMILES string of the molecule is CCC(CO)NS(=O)(=O)c1ccc(CC(=O)O)cc1. The van der Waals surface area contributed by atoms with Crippen LogP contribution in [0.5, 0.6) is 0 Å². The third-order valence-corrected chi connectivity index (χ3v) is 4.16. The fourth-order valence-electron chi connectivity index (χ4n) is 1.50. The quantitative estimate of drug-likeness (QED) is 0.672. The van der Waals surface area contributed by atoms with Gasteiger partial charge in [-0.15, -0.1) is 0 Å². The number of aliphatic hydroxyl groups is 1. The van der Waals surface area contributed by atoms with Gasteiger partial charge in [-0.1, -0.05) is 19.1 Å². The molecule has 0 amide bonds. The van der Waals surface area contributed by atoms with Crippen molar-refractivity contribution in [1.29, 1.82) is 0 Å². The van der Waals surface area contributed by atoms with Crippen LogP contribution in [0.1, 0.15) is 18.9 Å². The van der Waals surface area contributed by atoms with Crippen molar-refractivity contribution in [3.63, 3.8) is 0 Å². The summed E-state index contributed by atoms with van der Waals surface area (Å²) in [4.78, 5) is 10.6. The van der Waals surface area contributed by atoms with Crippen molar-refractivity contribution in [2.45, 2.75) is 30.7 Å². The number of carbonyl (C=O) groups is 1. The zero-order chi connectivity index (χ0) is 14.5. The molecule has 1 aromatic carbocycles. The van der Waals surface area contributed by atoms with Crippen molar-refractivity contribution in [2.75, 3.05) is 6.61 Å². The van der Waals surface area contributed by atoms with E-state index in [0.717, 1.165) is 0 Å². The van der Waals surface area contributed by atoms with Crippen LogP contribution in [-0.2, 0) is 21.2 Å². The minimum absolute atomic E-state index is 0.0496. The molecule has 0 aliphatic rings. The molecule has 1 aromatic rings. The molecule has 0 spiro atoms. The lowest BCUT2D eigenvalue weighted by molar-refractivity contribution is -0.136. The standard InChI is InChI=1S/C12H17NO5S/c1-2-10(8-14)13-19(17,18)11-5-3-9(4-6-11)7-12(15)16/h3-6,10,13-14H,2,7-8H2,1H3,(H,15,16). The number of sulfonamides is 1. The van der Waals surface area contributed by atoms with E-state index in [1.54, 1.807) is 6.92 Å². The molecule has 0 saturated heterocycles. The molecule has 0 aliphatic heterocycles. The first kappa shape index (κ1) is 15.6. The molecule has 0 bridgehead atoms. The predicted molar refractivity (Wildman–Crippen MR) is 69.3 cm³/mol. The summed E-state index contributed by atoms with van der Waals surface area (Å²) in [6.07, 6.45) is 0.328. The molecule has 0 radical (unpaired) electrons. The zero-order valence-corrected chi connectivity index (χ0v) is 11.4. The average Bonchev–Trinajstić information content (AvgIpc) is 2.36. The number of rotatable bonds is 7. The molecule has 6 nitrogen and oxygen atoms in total. The molecular weight excluding hydrogens is 270 g/mol. The lowest BCUT2D eigenvalue weighted by atomic mass is 10.2. The lowest BCUT2D eigenvalue weighted by Gasteiger charge is -2.14. The fraction of sp³-hybridized carbons (Fsp3) is 0.417. The summed E-state index contributed by atoms with van der Waals surface area (Å²) in [5.74, 6) is -0.972. The summed E-state index contributed by atoms with van der Waals surface area (Å²) in [7, 11) is -3.69. The lowest BCUT2D eigenvalue weighted by Crippen LogP contribution is -2.36.